The Morgan fingerprint density at radius 3 is 2.46 bits per heavy atom. The van der Waals surface area contributed by atoms with E-state index in [1.807, 2.05) is 37.3 Å². The minimum atomic E-state index is -0.145. The van der Waals surface area contributed by atoms with Crippen LogP contribution >= 0.6 is 0 Å². The summed E-state index contributed by atoms with van der Waals surface area (Å²) in [6, 6.07) is 14.2. The van der Waals surface area contributed by atoms with Crippen LogP contribution in [0.4, 0.5) is 5.82 Å². The molecule has 0 atom stereocenters. The molecule has 0 spiro atoms. The minimum absolute atomic E-state index is 0.145. The predicted octanol–water partition coefficient (Wildman–Crippen LogP) is 3.77. The van der Waals surface area contributed by atoms with Gasteiger partial charge in [-0.1, -0.05) is 35.9 Å². The summed E-state index contributed by atoms with van der Waals surface area (Å²) in [4.78, 5) is 16.9. The second-order valence-corrected chi connectivity index (χ2v) is 6.06. The van der Waals surface area contributed by atoms with Gasteiger partial charge in [-0.05, 0) is 49.6 Å². The average Bonchev–Trinajstić information content (AvgIpc) is 2.58. The van der Waals surface area contributed by atoms with Crippen molar-refractivity contribution in [3.8, 4) is 5.69 Å². The zero-order chi connectivity index (χ0) is 17.1. The summed E-state index contributed by atoms with van der Waals surface area (Å²) in [5.74, 6) is 0.358. The van der Waals surface area contributed by atoms with E-state index in [9.17, 15) is 4.79 Å². The Morgan fingerprint density at radius 2 is 1.75 bits per heavy atom. The Morgan fingerprint density at radius 1 is 1.00 bits per heavy atom. The van der Waals surface area contributed by atoms with Crippen LogP contribution in [0.5, 0.6) is 0 Å². The summed E-state index contributed by atoms with van der Waals surface area (Å²) in [5, 5.41) is 3.14. The first kappa shape index (κ1) is 16.0. The van der Waals surface area contributed by atoms with E-state index in [1.54, 1.807) is 17.0 Å². The molecule has 0 saturated carbocycles. The quantitative estimate of drug-likeness (QED) is 0.796. The van der Waals surface area contributed by atoms with Gasteiger partial charge in [0, 0.05) is 24.6 Å². The number of aryl methyl sites for hydroxylation is 3. The first-order valence-corrected chi connectivity index (χ1v) is 7.99. The van der Waals surface area contributed by atoms with Crippen LogP contribution in [0, 0.1) is 20.8 Å². The smallest absolute Gasteiger partial charge is 0.297 e. The van der Waals surface area contributed by atoms with Crippen LogP contribution in [0.1, 0.15) is 22.3 Å². The highest BCUT2D eigenvalue weighted by Gasteiger charge is 2.07. The normalized spacial score (nSPS) is 10.6. The van der Waals surface area contributed by atoms with E-state index in [1.165, 1.54) is 11.1 Å². The Bertz CT molecular complexity index is 911. The third-order valence-electron chi connectivity index (χ3n) is 4.19. The molecule has 0 aliphatic heterocycles. The summed E-state index contributed by atoms with van der Waals surface area (Å²) in [7, 11) is 0. The van der Waals surface area contributed by atoms with Gasteiger partial charge in [0.05, 0.1) is 0 Å². The summed E-state index contributed by atoms with van der Waals surface area (Å²) < 4.78 is 1.62. The Balaban J connectivity index is 1.86. The van der Waals surface area contributed by atoms with E-state index in [0.717, 1.165) is 16.8 Å². The zero-order valence-electron chi connectivity index (χ0n) is 14.2. The molecular formula is C20H21N3O. The molecule has 0 aliphatic rings. The lowest BCUT2D eigenvalue weighted by molar-refractivity contribution is 0.942. The molecule has 0 radical (unpaired) electrons. The van der Waals surface area contributed by atoms with Crippen molar-refractivity contribution in [1.29, 1.82) is 0 Å². The van der Waals surface area contributed by atoms with E-state index in [4.69, 9.17) is 0 Å². The van der Waals surface area contributed by atoms with E-state index in [0.29, 0.717) is 12.4 Å². The lowest BCUT2D eigenvalue weighted by Crippen LogP contribution is -2.23. The topological polar surface area (TPSA) is 46.9 Å². The van der Waals surface area contributed by atoms with Gasteiger partial charge in [-0.3, -0.25) is 9.36 Å². The van der Waals surface area contributed by atoms with E-state index >= 15 is 0 Å². The third kappa shape index (κ3) is 3.38. The molecule has 3 aromatic rings. The van der Waals surface area contributed by atoms with E-state index < -0.39 is 0 Å². The van der Waals surface area contributed by atoms with Crippen molar-refractivity contribution in [1.82, 2.24) is 9.55 Å². The lowest BCUT2D eigenvalue weighted by Gasteiger charge is -2.11. The summed E-state index contributed by atoms with van der Waals surface area (Å²) in [6.45, 7) is 6.72. The predicted molar refractivity (Wildman–Crippen MR) is 97.8 cm³/mol. The largest absolute Gasteiger partial charge is 0.361 e. The van der Waals surface area contributed by atoms with Gasteiger partial charge in [-0.15, -0.1) is 0 Å². The standard InChI is InChI=1S/C20H21N3O/c1-14-4-7-17(8-5-14)13-22-19-20(24)23(11-10-21-19)18-9-6-15(2)16(3)12-18/h4-12H,13H2,1-3H3,(H,21,22). The maximum absolute atomic E-state index is 12.7. The lowest BCUT2D eigenvalue weighted by atomic mass is 10.1. The van der Waals surface area contributed by atoms with E-state index in [-0.39, 0.29) is 5.56 Å². The number of anilines is 1. The van der Waals surface area contributed by atoms with Crippen LogP contribution in [0.3, 0.4) is 0 Å². The van der Waals surface area contributed by atoms with Crippen LogP contribution in [0.15, 0.2) is 59.7 Å². The number of benzene rings is 2. The number of hydrogen-bond acceptors (Lipinski definition) is 3. The van der Waals surface area contributed by atoms with Gasteiger partial charge in [0.25, 0.3) is 5.56 Å². The molecule has 0 bridgehead atoms. The maximum Gasteiger partial charge on any atom is 0.297 e. The van der Waals surface area contributed by atoms with Gasteiger partial charge in [0.2, 0.25) is 0 Å². The Hall–Kier alpha value is -2.88. The van der Waals surface area contributed by atoms with Gasteiger partial charge in [-0.2, -0.15) is 0 Å². The Labute approximate surface area is 141 Å². The van der Waals surface area contributed by atoms with Crippen molar-refractivity contribution in [2.24, 2.45) is 0 Å². The van der Waals surface area contributed by atoms with Gasteiger partial charge in [0.1, 0.15) is 0 Å². The highest BCUT2D eigenvalue weighted by atomic mass is 16.1. The van der Waals surface area contributed by atoms with Crippen molar-refractivity contribution < 1.29 is 0 Å². The number of hydrogen-bond donors (Lipinski definition) is 1. The second kappa shape index (κ2) is 6.71. The number of nitrogens with zero attached hydrogens (tertiary/aromatic N) is 2. The average molecular weight is 319 g/mol. The van der Waals surface area contributed by atoms with Gasteiger partial charge >= 0.3 is 0 Å². The van der Waals surface area contributed by atoms with Crippen molar-refractivity contribution >= 4 is 5.82 Å². The van der Waals surface area contributed by atoms with Crippen LogP contribution in [-0.4, -0.2) is 9.55 Å². The second-order valence-electron chi connectivity index (χ2n) is 6.06. The summed E-state index contributed by atoms with van der Waals surface area (Å²) in [6.07, 6.45) is 3.34. The number of rotatable bonds is 4. The molecule has 0 aliphatic carbocycles. The van der Waals surface area contributed by atoms with Crippen LogP contribution < -0.4 is 10.9 Å². The molecule has 0 saturated heterocycles. The van der Waals surface area contributed by atoms with Gasteiger partial charge < -0.3 is 5.32 Å². The minimum Gasteiger partial charge on any atom is -0.361 e. The molecule has 0 unspecified atom stereocenters. The van der Waals surface area contributed by atoms with Crippen molar-refractivity contribution in [2.75, 3.05) is 5.32 Å². The molecule has 3 rings (SSSR count). The summed E-state index contributed by atoms with van der Waals surface area (Å²) >= 11 is 0. The zero-order valence-corrected chi connectivity index (χ0v) is 14.2. The van der Waals surface area contributed by atoms with Crippen molar-refractivity contribution in [3.05, 3.63) is 87.5 Å². The van der Waals surface area contributed by atoms with Crippen LogP contribution in [0.2, 0.25) is 0 Å². The molecule has 1 heterocycles. The molecule has 4 nitrogen and oxygen atoms in total. The van der Waals surface area contributed by atoms with Crippen molar-refractivity contribution in [2.45, 2.75) is 27.3 Å². The van der Waals surface area contributed by atoms with Crippen LogP contribution in [0.25, 0.3) is 5.69 Å². The highest BCUT2D eigenvalue weighted by molar-refractivity contribution is 5.42. The Kier molecular flexibility index (Phi) is 4.47. The third-order valence-corrected chi connectivity index (χ3v) is 4.19. The molecule has 0 fully saturated rings. The fourth-order valence-corrected chi connectivity index (χ4v) is 2.50. The molecule has 122 valence electrons. The summed E-state index contributed by atoms with van der Waals surface area (Å²) in [5.41, 5.74) is 5.40. The molecule has 1 aromatic heterocycles. The monoisotopic (exact) mass is 319 g/mol. The van der Waals surface area contributed by atoms with Gasteiger partial charge in [0.15, 0.2) is 5.82 Å². The number of nitrogens with one attached hydrogen (secondary N) is 1. The first-order valence-electron chi connectivity index (χ1n) is 7.99. The highest BCUT2D eigenvalue weighted by Crippen LogP contribution is 2.13. The molecule has 4 heteroatoms. The fraction of sp³-hybridized carbons (Fsp3) is 0.200. The molecule has 2 aromatic carbocycles. The van der Waals surface area contributed by atoms with Crippen LogP contribution in [-0.2, 0) is 6.54 Å². The molecule has 0 amide bonds. The number of aromatic nitrogens is 2. The van der Waals surface area contributed by atoms with Gasteiger partial charge in [-0.25, -0.2) is 4.98 Å². The first-order chi connectivity index (χ1) is 11.5. The molecule has 24 heavy (non-hydrogen) atoms. The molecular weight excluding hydrogens is 298 g/mol. The fourth-order valence-electron chi connectivity index (χ4n) is 2.50. The SMILES string of the molecule is Cc1ccc(CNc2nccn(-c3ccc(C)c(C)c3)c2=O)cc1. The van der Waals surface area contributed by atoms with Crippen molar-refractivity contribution in [3.63, 3.8) is 0 Å². The van der Waals surface area contributed by atoms with E-state index in [2.05, 4.69) is 36.3 Å². The maximum atomic E-state index is 12.7. The molecule has 1 N–H and O–H groups in total.